The largest absolute Gasteiger partial charge is 0.468 e. The first-order valence-electron chi connectivity index (χ1n) is 4.78. The molecule has 0 aliphatic rings. The van der Waals surface area contributed by atoms with Crippen LogP contribution in [0.5, 0.6) is 0 Å². The molecule has 1 N–H and O–H groups in total. The molecule has 7 heteroatoms. The van der Waals surface area contributed by atoms with Gasteiger partial charge >= 0.3 is 5.97 Å². The number of nitrogens with one attached hydrogen (secondary N) is 1. The van der Waals surface area contributed by atoms with E-state index >= 15 is 0 Å². The van der Waals surface area contributed by atoms with Crippen molar-refractivity contribution in [3.8, 4) is 6.07 Å². The molecule has 0 amide bonds. The molecule has 0 spiro atoms. The summed E-state index contributed by atoms with van der Waals surface area (Å²) in [5, 5.41) is 8.34. The summed E-state index contributed by atoms with van der Waals surface area (Å²) in [5.41, 5.74) is -1.31. The third-order valence-electron chi connectivity index (χ3n) is 2.02. The Kier molecular flexibility index (Phi) is 5.41. The van der Waals surface area contributed by atoms with Gasteiger partial charge in [0.2, 0.25) is 10.0 Å². The van der Waals surface area contributed by atoms with E-state index in [9.17, 15) is 13.2 Å². The van der Waals surface area contributed by atoms with Crippen LogP contribution in [0.3, 0.4) is 0 Å². The van der Waals surface area contributed by atoms with Crippen LogP contribution in [0.15, 0.2) is 0 Å². The summed E-state index contributed by atoms with van der Waals surface area (Å²) in [6.07, 6.45) is 0.922. The highest BCUT2D eigenvalue weighted by molar-refractivity contribution is 7.89. The zero-order valence-electron chi connectivity index (χ0n) is 9.61. The molecular formula is C9H16N2O4S. The smallest absolute Gasteiger partial charge is 0.326 e. The van der Waals surface area contributed by atoms with Crippen molar-refractivity contribution in [3.63, 3.8) is 0 Å². The quantitative estimate of drug-likeness (QED) is 0.675. The van der Waals surface area contributed by atoms with Crippen molar-refractivity contribution in [2.75, 3.05) is 12.9 Å². The van der Waals surface area contributed by atoms with E-state index in [2.05, 4.69) is 9.46 Å². The van der Waals surface area contributed by atoms with E-state index in [1.54, 1.807) is 0 Å². The molecule has 0 aromatic heterocycles. The predicted molar refractivity (Wildman–Crippen MR) is 57.9 cm³/mol. The maximum atomic E-state index is 11.5. The van der Waals surface area contributed by atoms with E-state index in [0.29, 0.717) is 12.8 Å². The number of esters is 1. The van der Waals surface area contributed by atoms with Crippen molar-refractivity contribution in [3.05, 3.63) is 0 Å². The molecule has 0 aromatic carbocycles. The second-order valence-corrected chi connectivity index (χ2v) is 5.32. The van der Waals surface area contributed by atoms with Crippen LogP contribution < -0.4 is 4.72 Å². The third-order valence-corrected chi connectivity index (χ3v) is 3.29. The topological polar surface area (TPSA) is 96.3 Å². The number of rotatable bonds is 6. The molecule has 0 aliphatic heterocycles. The average Bonchev–Trinajstić information content (AvgIpc) is 2.15. The van der Waals surface area contributed by atoms with Gasteiger partial charge in [0.25, 0.3) is 0 Å². The Morgan fingerprint density at radius 3 is 2.50 bits per heavy atom. The minimum atomic E-state index is -3.78. The Hall–Kier alpha value is -1.13. The molecule has 0 saturated carbocycles. The number of carbonyl (C=O) groups is 1. The van der Waals surface area contributed by atoms with Gasteiger partial charge in [-0.15, -0.1) is 0 Å². The molecule has 0 rings (SSSR count). The first-order chi connectivity index (χ1) is 7.31. The molecule has 1 atom stereocenters. The number of methoxy groups -OCH3 is 1. The van der Waals surface area contributed by atoms with Crippen LogP contribution in [0.1, 0.15) is 26.7 Å². The fourth-order valence-electron chi connectivity index (χ4n) is 1.38. The van der Waals surface area contributed by atoms with Gasteiger partial charge in [-0.05, 0) is 13.3 Å². The molecule has 0 aromatic rings. The fourth-order valence-corrected chi connectivity index (χ4v) is 2.50. The van der Waals surface area contributed by atoms with Crippen molar-refractivity contribution in [2.45, 2.75) is 32.2 Å². The van der Waals surface area contributed by atoms with Crippen LogP contribution in [-0.2, 0) is 19.6 Å². The first kappa shape index (κ1) is 14.9. The molecule has 0 radical (unpaired) electrons. The monoisotopic (exact) mass is 248 g/mol. The summed E-state index contributed by atoms with van der Waals surface area (Å²) in [7, 11) is -2.59. The number of carbonyl (C=O) groups excluding carboxylic acids is 1. The summed E-state index contributed by atoms with van der Waals surface area (Å²) in [4.78, 5) is 11.5. The second-order valence-electron chi connectivity index (χ2n) is 3.59. The Labute approximate surface area is 95.6 Å². The Balaban J connectivity index is 4.96. The molecule has 0 heterocycles. The molecule has 0 saturated heterocycles. The van der Waals surface area contributed by atoms with Gasteiger partial charge in [0, 0.05) is 0 Å². The number of ether oxygens (including phenoxy) is 1. The molecule has 1 unspecified atom stereocenters. The van der Waals surface area contributed by atoms with Crippen LogP contribution in [0.25, 0.3) is 0 Å². The fraction of sp³-hybridized carbons (Fsp3) is 0.778. The number of hydrogen-bond acceptors (Lipinski definition) is 5. The van der Waals surface area contributed by atoms with E-state index in [4.69, 9.17) is 5.26 Å². The summed E-state index contributed by atoms with van der Waals surface area (Å²) in [5.74, 6) is -1.33. The highest BCUT2D eigenvalue weighted by Gasteiger charge is 2.37. The molecule has 6 nitrogen and oxygen atoms in total. The van der Waals surface area contributed by atoms with Crippen LogP contribution in [-0.4, -0.2) is 32.8 Å². The van der Waals surface area contributed by atoms with Crippen LogP contribution >= 0.6 is 0 Å². The van der Waals surface area contributed by atoms with Crippen molar-refractivity contribution in [1.82, 2.24) is 4.72 Å². The maximum Gasteiger partial charge on any atom is 0.326 e. The minimum absolute atomic E-state index is 0.310. The number of nitrogens with zero attached hydrogens (tertiary/aromatic N) is 1. The Morgan fingerprint density at radius 2 is 2.12 bits per heavy atom. The highest BCUT2D eigenvalue weighted by atomic mass is 32.2. The molecule has 0 bridgehead atoms. The normalized spacial score (nSPS) is 14.9. The lowest BCUT2D eigenvalue weighted by Crippen LogP contribution is -2.53. The zero-order valence-corrected chi connectivity index (χ0v) is 10.4. The van der Waals surface area contributed by atoms with E-state index < -0.39 is 27.3 Å². The van der Waals surface area contributed by atoms with Gasteiger partial charge in [-0.25, -0.2) is 8.42 Å². The summed E-state index contributed by atoms with van der Waals surface area (Å²) >= 11 is 0. The number of hydrogen-bond donors (Lipinski definition) is 1. The van der Waals surface area contributed by atoms with E-state index in [1.807, 2.05) is 6.92 Å². The van der Waals surface area contributed by atoms with Crippen molar-refractivity contribution >= 4 is 16.0 Å². The third kappa shape index (κ3) is 4.16. The van der Waals surface area contributed by atoms with Gasteiger partial charge in [0.1, 0.15) is 5.54 Å². The summed E-state index contributed by atoms with van der Waals surface area (Å²) in [6, 6.07) is 1.53. The lowest BCUT2D eigenvalue weighted by molar-refractivity contribution is -0.147. The van der Waals surface area contributed by atoms with Gasteiger partial charge in [-0.1, -0.05) is 13.3 Å². The SMILES string of the molecule is CCCC(C)(NS(=O)(=O)CC#N)C(=O)OC. The van der Waals surface area contributed by atoms with Crippen LogP contribution in [0.4, 0.5) is 0 Å². The van der Waals surface area contributed by atoms with Gasteiger partial charge in [0.05, 0.1) is 13.2 Å². The highest BCUT2D eigenvalue weighted by Crippen LogP contribution is 2.15. The molecular weight excluding hydrogens is 232 g/mol. The zero-order chi connectivity index (χ0) is 12.8. The number of nitriles is 1. The Bertz CT molecular complexity index is 385. The second kappa shape index (κ2) is 5.82. The van der Waals surface area contributed by atoms with Gasteiger partial charge < -0.3 is 4.74 Å². The number of sulfonamides is 1. The van der Waals surface area contributed by atoms with E-state index in [1.165, 1.54) is 20.1 Å². The van der Waals surface area contributed by atoms with Crippen molar-refractivity contribution in [2.24, 2.45) is 0 Å². The van der Waals surface area contributed by atoms with Gasteiger partial charge in [0.15, 0.2) is 5.75 Å². The molecule has 16 heavy (non-hydrogen) atoms. The maximum absolute atomic E-state index is 11.5. The molecule has 0 fully saturated rings. The van der Waals surface area contributed by atoms with Crippen LogP contribution in [0.2, 0.25) is 0 Å². The van der Waals surface area contributed by atoms with Crippen molar-refractivity contribution < 1.29 is 17.9 Å². The van der Waals surface area contributed by atoms with E-state index in [0.717, 1.165) is 0 Å². The molecule has 92 valence electrons. The Morgan fingerprint density at radius 1 is 1.56 bits per heavy atom. The standard InChI is InChI=1S/C9H16N2O4S/c1-4-5-9(2,8(12)15-3)11-16(13,14)7-6-10/h11H,4-5,7H2,1-3H3. The van der Waals surface area contributed by atoms with Gasteiger partial charge in [-0.3, -0.25) is 4.79 Å². The lowest BCUT2D eigenvalue weighted by Gasteiger charge is -2.26. The summed E-state index contributed by atoms with van der Waals surface area (Å²) in [6.45, 7) is 3.26. The van der Waals surface area contributed by atoms with Gasteiger partial charge in [-0.2, -0.15) is 9.98 Å². The summed E-state index contributed by atoms with van der Waals surface area (Å²) < 4.78 is 29.5. The first-order valence-corrected chi connectivity index (χ1v) is 6.43. The van der Waals surface area contributed by atoms with Crippen molar-refractivity contribution in [1.29, 1.82) is 5.26 Å². The minimum Gasteiger partial charge on any atom is -0.468 e. The average molecular weight is 248 g/mol. The van der Waals surface area contributed by atoms with Crippen LogP contribution in [0, 0.1) is 11.3 Å². The lowest BCUT2D eigenvalue weighted by atomic mass is 9.98. The predicted octanol–water partition coefficient (Wildman–Crippen LogP) is 0.161. The van der Waals surface area contributed by atoms with E-state index in [-0.39, 0.29) is 0 Å². The molecule has 0 aliphatic carbocycles.